The van der Waals surface area contributed by atoms with Gasteiger partial charge in [0.05, 0.1) is 0 Å². The average molecular weight is 284 g/mol. The summed E-state index contributed by atoms with van der Waals surface area (Å²) in [6.07, 6.45) is 5.07. The highest BCUT2D eigenvalue weighted by molar-refractivity contribution is 5.85. The lowest BCUT2D eigenvalue weighted by molar-refractivity contribution is -0.130. The second kappa shape index (κ2) is 11.7. The molecule has 0 aromatic rings. The molecule has 20 heavy (non-hydrogen) atoms. The molecule has 1 unspecified atom stereocenters. The van der Waals surface area contributed by atoms with E-state index in [0.29, 0.717) is 25.4 Å². The van der Waals surface area contributed by atoms with Gasteiger partial charge in [-0.25, -0.2) is 0 Å². The molecule has 0 heterocycles. The first-order valence-corrected chi connectivity index (χ1v) is 8.05. The summed E-state index contributed by atoms with van der Waals surface area (Å²) in [7, 11) is 0. The maximum atomic E-state index is 12.1. The van der Waals surface area contributed by atoms with Crippen molar-refractivity contribution in [3.8, 4) is 0 Å². The fourth-order valence-corrected chi connectivity index (χ4v) is 2.05. The van der Waals surface area contributed by atoms with E-state index in [0.717, 1.165) is 32.1 Å². The van der Waals surface area contributed by atoms with Gasteiger partial charge >= 0.3 is 0 Å². The van der Waals surface area contributed by atoms with Crippen LogP contribution in [-0.4, -0.2) is 24.9 Å². The van der Waals surface area contributed by atoms with Gasteiger partial charge in [0.25, 0.3) is 0 Å². The lowest BCUT2D eigenvalue weighted by Crippen LogP contribution is -2.35. The number of nitrogens with one attached hydrogen (secondary N) is 2. The van der Waals surface area contributed by atoms with Gasteiger partial charge in [-0.3, -0.25) is 9.59 Å². The highest BCUT2D eigenvalue weighted by Crippen LogP contribution is 2.16. The van der Waals surface area contributed by atoms with Gasteiger partial charge in [-0.05, 0) is 25.2 Å². The van der Waals surface area contributed by atoms with E-state index in [4.69, 9.17) is 0 Å². The van der Waals surface area contributed by atoms with E-state index >= 15 is 0 Å². The second-order valence-electron chi connectivity index (χ2n) is 5.87. The molecule has 0 saturated heterocycles. The summed E-state index contributed by atoms with van der Waals surface area (Å²) in [6, 6.07) is 0. The van der Waals surface area contributed by atoms with Crippen LogP contribution in [0.5, 0.6) is 0 Å². The zero-order valence-electron chi connectivity index (χ0n) is 13.6. The van der Waals surface area contributed by atoms with Gasteiger partial charge in [0.1, 0.15) is 0 Å². The third-order valence-electron chi connectivity index (χ3n) is 3.26. The Hall–Kier alpha value is -1.06. The van der Waals surface area contributed by atoms with E-state index in [1.54, 1.807) is 0 Å². The fraction of sp³-hybridized carbons (Fsp3) is 0.875. The van der Waals surface area contributed by atoms with Crippen LogP contribution in [0.2, 0.25) is 0 Å². The van der Waals surface area contributed by atoms with Gasteiger partial charge in [0.2, 0.25) is 11.8 Å². The number of amides is 2. The predicted octanol–water partition coefficient (Wildman–Crippen LogP) is 2.87. The van der Waals surface area contributed by atoms with E-state index in [9.17, 15) is 9.59 Å². The second-order valence-corrected chi connectivity index (χ2v) is 5.87. The SMILES string of the molecule is CCCNC(=O)CC(CCCC(C)C)C(=O)NCCC. The minimum absolute atomic E-state index is 0.00644. The Bertz CT molecular complexity index is 278. The largest absolute Gasteiger partial charge is 0.356 e. The lowest BCUT2D eigenvalue weighted by atomic mass is 9.94. The molecule has 0 fully saturated rings. The third kappa shape index (κ3) is 9.82. The van der Waals surface area contributed by atoms with E-state index < -0.39 is 0 Å². The Morgan fingerprint density at radius 1 is 0.950 bits per heavy atom. The van der Waals surface area contributed by atoms with Crippen LogP contribution in [-0.2, 0) is 9.59 Å². The van der Waals surface area contributed by atoms with Gasteiger partial charge in [-0.2, -0.15) is 0 Å². The number of carbonyl (C=O) groups excluding carboxylic acids is 2. The van der Waals surface area contributed by atoms with Crippen molar-refractivity contribution in [3.05, 3.63) is 0 Å². The molecule has 1 atom stereocenters. The van der Waals surface area contributed by atoms with Crippen molar-refractivity contribution >= 4 is 11.8 Å². The van der Waals surface area contributed by atoms with Gasteiger partial charge in [0.15, 0.2) is 0 Å². The third-order valence-corrected chi connectivity index (χ3v) is 3.26. The molecular weight excluding hydrogens is 252 g/mol. The number of hydrogen-bond acceptors (Lipinski definition) is 2. The van der Waals surface area contributed by atoms with Crippen LogP contribution in [0.4, 0.5) is 0 Å². The Kier molecular flexibility index (Phi) is 11.1. The molecule has 0 aliphatic heterocycles. The van der Waals surface area contributed by atoms with E-state index in [2.05, 4.69) is 24.5 Å². The van der Waals surface area contributed by atoms with Crippen molar-refractivity contribution in [3.63, 3.8) is 0 Å². The van der Waals surface area contributed by atoms with E-state index in [1.165, 1.54) is 0 Å². The first-order chi connectivity index (χ1) is 9.51. The molecule has 4 nitrogen and oxygen atoms in total. The monoisotopic (exact) mass is 284 g/mol. The normalized spacial score (nSPS) is 12.2. The average Bonchev–Trinajstić information content (AvgIpc) is 2.40. The molecule has 2 amide bonds. The number of carbonyl (C=O) groups is 2. The molecule has 0 bridgehead atoms. The van der Waals surface area contributed by atoms with Crippen LogP contribution >= 0.6 is 0 Å². The zero-order chi connectivity index (χ0) is 15.4. The molecule has 4 heteroatoms. The van der Waals surface area contributed by atoms with Gasteiger partial charge in [-0.15, -0.1) is 0 Å². The van der Waals surface area contributed by atoms with Crippen molar-refractivity contribution in [1.29, 1.82) is 0 Å². The van der Waals surface area contributed by atoms with Crippen molar-refractivity contribution < 1.29 is 9.59 Å². The summed E-state index contributed by atoms with van der Waals surface area (Å²) in [5.41, 5.74) is 0. The first-order valence-electron chi connectivity index (χ1n) is 8.05. The predicted molar refractivity (Wildman–Crippen MR) is 83.4 cm³/mol. The quantitative estimate of drug-likeness (QED) is 0.613. The first kappa shape index (κ1) is 18.9. The molecule has 0 rings (SSSR count). The molecule has 0 radical (unpaired) electrons. The smallest absolute Gasteiger partial charge is 0.223 e. The van der Waals surface area contributed by atoms with Crippen LogP contribution in [0.3, 0.4) is 0 Å². The molecule has 0 aliphatic carbocycles. The zero-order valence-corrected chi connectivity index (χ0v) is 13.6. The minimum Gasteiger partial charge on any atom is -0.356 e. The van der Waals surface area contributed by atoms with Gasteiger partial charge in [-0.1, -0.05) is 40.5 Å². The summed E-state index contributed by atoms with van der Waals surface area (Å²) < 4.78 is 0. The summed E-state index contributed by atoms with van der Waals surface area (Å²) in [5.74, 6) is 0.482. The maximum absolute atomic E-state index is 12.1. The number of hydrogen-bond donors (Lipinski definition) is 2. The van der Waals surface area contributed by atoms with Crippen molar-refractivity contribution in [2.75, 3.05) is 13.1 Å². The maximum Gasteiger partial charge on any atom is 0.223 e. The van der Waals surface area contributed by atoms with Crippen molar-refractivity contribution in [2.45, 2.75) is 66.2 Å². The summed E-state index contributed by atoms with van der Waals surface area (Å²) in [6.45, 7) is 9.79. The van der Waals surface area contributed by atoms with Crippen LogP contribution < -0.4 is 10.6 Å². The van der Waals surface area contributed by atoms with Crippen molar-refractivity contribution in [2.24, 2.45) is 11.8 Å². The minimum atomic E-state index is -0.183. The Labute approximate surface area is 124 Å². The Balaban J connectivity index is 4.29. The molecule has 0 saturated carbocycles. The van der Waals surface area contributed by atoms with E-state index in [1.807, 2.05) is 13.8 Å². The lowest BCUT2D eigenvalue weighted by Gasteiger charge is -2.17. The summed E-state index contributed by atoms with van der Waals surface area (Å²) in [5, 5.41) is 5.77. The summed E-state index contributed by atoms with van der Waals surface area (Å²) >= 11 is 0. The Morgan fingerprint density at radius 2 is 1.55 bits per heavy atom. The summed E-state index contributed by atoms with van der Waals surface area (Å²) in [4.78, 5) is 23.9. The van der Waals surface area contributed by atoms with Crippen molar-refractivity contribution in [1.82, 2.24) is 10.6 Å². The van der Waals surface area contributed by atoms with E-state index in [-0.39, 0.29) is 17.7 Å². The topological polar surface area (TPSA) is 58.2 Å². The molecule has 0 aliphatic rings. The molecule has 0 aromatic carbocycles. The molecular formula is C16H32N2O2. The molecule has 0 aromatic heterocycles. The van der Waals surface area contributed by atoms with Crippen LogP contribution in [0.15, 0.2) is 0 Å². The van der Waals surface area contributed by atoms with Gasteiger partial charge in [0, 0.05) is 25.4 Å². The molecule has 118 valence electrons. The molecule has 0 spiro atoms. The van der Waals surface area contributed by atoms with Crippen LogP contribution in [0, 0.1) is 11.8 Å². The van der Waals surface area contributed by atoms with Crippen LogP contribution in [0.25, 0.3) is 0 Å². The molecule has 2 N–H and O–H groups in total. The van der Waals surface area contributed by atoms with Crippen LogP contribution in [0.1, 0.15) is 66.2 Å². The highest BCUT2D eigenvalue weighted by atomic mass is 16.2. The standard InChI is InChI=1S/C16H32N2O2/c1-5-10-17-15(19)12-14(9-7-8-13(3)4)16(20)18-11-6-2/h13-14H,5-12H2,1-4H3,(H,17,19)(H,18,20). The van der Waals surface area contributed by atoms with Gasteiger partial charge < -0.3 is 10.6 Å². The highest BCUT2D eigenvalue weighted by Gasteiger charge is 2.21. The Morgan fingerprint density at radius 3 is 2.10 bits per heavy atom. The number of rotatable bonds is 11. The fourth-order valence-electron chi connectivity index (χ4n) is 2.05.